The number of ether oxygens (including phenoxy) is 2. The Morgan fingerprint density at radius 3 is 2.87 bits per heavy atom. The van der Waals surface area contributed by atoms with Gasteiger partial charge in [0, 0.05) is 6.54 Å². The average Bonchev–Trinajstić information content (AvgIpc) is 2.54. The smallest absolute Gasteiger partial charge is 0.256 e. The Morgan fingerprint density at radius 2 is 2.33 bits per heavy atom. The van der Waals surface area contributed by atoms with Crippen LogP contribution in [0, 0.1) is 0 Å². The lowest BCUT2D eigenvalue weighted by Gasteiger charge is -2.16. The second-order valence-electron chi connectivity index (χ2n) is 3.45. The molecular weight excluding hydrogens is 218 g/mol. The zero-order chi connectivity index (χ0) is 11.3. The molecule has 0 aromatic rings. The van der Waals surface area contributed by atoms with E-state index in [0.29, 0.717) is 5.17 Å². The zero-order valence-corrected chi connectivity index (χ0v) is 9.50. The second kappa shape index (κ2) is 6.22. The van der Waals surface area contributed by atoms with Gasteiger partial charge in [0.2, 0.25) is 0 Å². The van der Waals surface area contributed by atoms with Gasteiger partial charge in [-0.15, -0.1) is 0 Å². The standard InChI is InChI=1S/C9H17NO4S/c1-2-3-10-9(15)14-5-7-8(12)6(11)4-13-7/h6-8,11-12H,2-5H2,1H3,(H,10,15). The predicted molar refractivity (Wildman–Crippen MR) is 58.6 cm³/mol. The van der Waals surface area contributed by atoms with Crippen molar-refractivity contribution in [2.45, 2.75) is 31.7 Å². The van der Waals surface area contributed by atoms with Crippen molar-refractivity contribution in [3.05, 3.63) is 0 Å². The number of thiocarbonyl (C=S) groups is 1. The fourth-order valence-corrected chi connectivity index (χ4v) is 1.42. The molecule has 15 heavy (non-hydrogen) atoms. The fraction of sp³-hybridized carbons (Fsp3) is 0.889. The summed E-state index contributed by atoms with van der Waals surface area (Å²) in [6.45, 7) is 3.09. The van der Waals surface area contributed by atoms with Crippen molar-refractivity contribution in [1.82, 2.24) is 5.32 Å². The maximum Gasteiger partial charge on any atom is 0.256 e. The maximum absolute atomic E-state index is 9.43. The van der Waals surface area contributed by atoms with Crippen molar-refractivity contribution < 1.29 is 19.7 Å². The van der Waals surface area contributed by atoms with E-state index >= 15 is 0 Å². The summed E-state index contributed by atoms with van der Waals surface area (Å²) in [7, 11) is 0. The van der Waals surface area contributed by atoms with Gasteiger partial charge in [0.1, 0.15) is 24.9 Å². The highest BCUT2D eigenvalue weighted by Gasteiger charge is 2.35. The van der Waals surface area contributed by atoms with E-state index in [1.54, 1.807) is 0 Å². The summed E-state index contributed by atoms with van der Waals surface area (Å²) >= 11 is 4.89. The third-order valence-electron chi connectivity index (χ3n) is 2.15. The Labute approximate surface area is 94.4 Å². The van der Waals surface area contributed by atoms with Crippen LogP contribution < -0.4 is 5.32 Å². The number of aliphatic hydroxyl groups is 2. The summed E-state index contributed by atoms with van der Waals surface area (Å²) in [5.74, 6) is 0. The van der Waals surface area contributed by atoms with Gasteiger partial charge in [-0.2, -0.15) is 0 Å². The number of aliphatic hydroxyl groups excluding tert-OH is 2. The van der Waals surface area contributed by atoms with Crippen molar-refractivity contribution in [1.29, 1.82) is 0 Å². The number of hydrogen-bond donors (Lipinski definition) is 3. The molecule has 5 nitrogen and oxygen atoms in total. The Balaban J connectivity index is 2.17. The summed E-state index contributed by atoms with van der Waals surface area (Å²) in [6, 6.07) is 0. The molecular formula is C9H17NO4S. The van der Waals surface area contributed by atoms with E-state index in [-0.39, 0.29) is 13.2 Å². The molecule has 0 bridgehead atoms. The van der Waals surface area contributed by atoms with Crippen LogP contribution in [0.15, 0.2) is 0 Å². The molecule has 3 atom stereocenters. The molecule has 0 aromatic heterocycles. The first kappa shape index (κ1) is 12.6. The monoisotopic (exact) mass is 235 g/mol. The second-order valence-corrected chi connectivity index (χ2v) is 3.83. The van der Waals surface area contributed by atoms with E-state index in [1.807, 2.05) is 6.92 Å². The molecule has 0 aromatic carbocycles. The van der Waals surface area contributed by atoms with Gasteiger partial charge in [0.05, 0.1) is 6.61 Å². The van der Waals surface area contributed by atoms with Gasteiger partial charge >= 0.3 is 0 Å². The summed E-state index contributed by atoms with van der Waals surface area (Å²) in [4.78, 5) is 0. The summed E-state index contributed by atoms with van der Waals surface area (Å²) in [5, 5.41) is 21.8. The third kappa shape index (κ3) is 3.90. The number of nitrogens with one attached hydrogen (secondary N) is 1. The minimum Gasteiger partial charge on any atom is -0.468 e. The van der Waals surface area contributed by atoms with Crippen molar-refractivity contribution >= 4 is 17.4 Å². The van der Waals surface area contributed by atoms with E-state index in [4.69, 9.17) is 21.7 Å². The van der Waals surface area contributed by atoms with Gasteiger partial charge in [-0.05, 0) is 18.6 Å². The molecule has 6 heteroatoms. The predicted octanol–water partition coefficient (Wildman–Crippen LogP) is -0.592. The van der Waals surface area contributed by atoms with Crippen molar-refractivity contribution in [2.75, 3.05) is 19.8 Å². The van der Waals surface area contributed by atoms with Gasteiger partial charge in [0.15, 0.2) is 0 Å². The largest absolute Gasteiger partial charge is 0.468 e. The molecule has 0 radical (unpaired) electrons. The van der Waals surface area contributed by atoms with Gasteiger partial charge in [0.25, 0.3) is 5.17 Å². The minimum absolute atomic E-state index is 0.143. The highest BCUT2D eigenvalue weighted by Crippen LogP contribution is 2.14. The van der Waals surface area contributed by atoms with E-state index in [9.17, 15) is 10.2 Å². The SMILES string of the molecule is CCCNC(=S)OCC1OCC(O)C1O. The molecule has 3 unspecified atom stereocenters. The van der Waals surface area contributed by atoms with Crippen LogP contribution in [-0.2, 0) is 9.47 Å². The van der Waals surface area contributed by atoms with E-state index < -0.39 is 18.3 Å². The molecule has 0 saturated carbocycles. The zero-order valence-electron chi connectivity index (χ0n) is 8.68. The molecule has 1 aliphatic heterocycles. The van der Waals surface area contributed by atoms with Crippen LogP contribution in [0.25, 0.3) is 0 Å². The van der Waals surface area contributed by atoms with E-state index in [0.717, 1.165) is 13.0 Å². The lowest BCUT2D eigenvalue weighted by Crippen LogP contribution is -2.35. The van der Waals surface area contributed by atoms with Crippen molar-refractivity contribution in [2.24, 2.45) is 0 Å². The van der Waals surface area contributed by atoms with Gasteiger partial charge in [-0.25, -0.2) is 0 Å². The Kier molecular flexibility index (Phi) is 5.24. The quantitative estimate of drug-likeness (QED) is 0.566. The number of rotatable bonds is 4. The van der Waals surface area contributed by atoms with Gasteiger partial charge in [-0.3, -0.25) is 0 Å². The van der Waals surface area contributed by atoms with Gasteiger partial charge < -0.3 is 25.0 Å². The highest BCUT2D eigenvalue weighted by molar-refractivity contribution is 7.80. The fourth-order valence-electron chi connectivity index (χ4n) is 1.25. The first-order valence-electron chi connectivity index (χ1n) is 5.03. The lowest BCUT2D eigenvalue weighted by atomic mass is 10.2. The van der Waals surface area contributed by atoms with Gasteiger partial charge in [-0.1, -0.05) is 6.92 Å². The lowest BCUT2D eigenvalue weighted by molar-refractivity contribution is -0.00287. The summed E-state index contributed by atoms with van der Waals surface area (Å²) in [6.07, 6.45) is -1.25. The molecule has 1 heterocycles. The topological polar surface area (TPSA) is 71.0 Å². The highest BCUT2D eigenvalue weighted by atomic mass is 32.1. The first-order chi connectivity index (χ1) is 7.15. The van der Waals surface area contributed by atoms with Crippen molar-refractivity contribution in [3.8, 4) is 0 Å². The van der Waals surface area contributed by atoms with E-state index in [1.165, 1.54) is 0 Å². The van der Waals surface area contributed by atoms with Crippen molar-refractivity contribution in [3.63, 3.8) is 0 Å². The molecule has 3 N–H and O–H groups in total. The van der Waals surface area contributed by atoms with Crippen LogP contribution in [0.4, 0.5) is 0 Å². The third-order valence-corrected chi connectivity index (χ3v) is 2.42. The molecule has 0 amide bonds. The molecule has 1 rings (SSSR count). The molecule has 0 aliphatic carbocycles. The molecule has 1 aliphatic rings. The van der Waals surface area contributed by atoms with Crippen LogP contribution in [0.1, 0.15) is 13.3 Å². The van der Waals surface area contributed by atoms with Crippen LogP contribution in [-0.4, -0.2) is 53.5 Å². The Morgan fingerprint density at radius 1 is 1.60 bits per heavy atom. The van der Waals surface area contributed by atoms with Crippen LogP contribution in [0.5, 0.6) is 0 Å². The van der Waals surface area contributed by atoms with E-state index in [2.05, 4.69) is 5.32 Å². The first-order valence-corrected chi connectivity index (χ1v) is 5.44. The molecule has 88 valence electrons. The summed E-state index contributed by atoms with van der Waals surface area (Å²) in [5.41, 5.74) is 0. The Bertz CT molecular complexity index is 214. The van der Waals surface area contributed by atoms with Crippen LogP contribution in [0.3, 0.4) is 0 Å². The number of hydrogen-bond acceptors (Lipinski definition) is 5. The summed E-state index contributed by atoms with van der Waals surface area (Å²) < 4.78 is 10.3. The molecule has 1 saturated heterocycles. The van der Waals surface area contributed by atoms with Crippen LogP contribution in [0.2, 0.25) is 0 Å². The molecule has 0 spiro atoms. The minimum atomic E-state index is -0.890. The normalized spacial score (nSPS) is 30.2. The molecule has 1 fully saturated rings. The average molecular weight is 235 g/mol. The Hall–Kier alpha value is -0.430. The maximum atomic E-state index is 9.43. The van der Waals surface area contributed by atoms with Crippen LogP contribution >= 0.6 is 12.2 Å².